The first kappa shape index (κ1) is 20.8. The number of amides is 2. The van der Waals surface area contributed by atoms with E-state index in [2.05, 4.69) is 21.4 Å². The highest BCUT2D eigenvalue weighted by Crippen LogP contribution is 2.34. The van der Waals surface area contributed by atoms with Crippen molar-refractivity contribution in [1.82, 2.24) is 10.3 Å². The van der Waals surface area contributed by atoms with Crippen molar-refractivity contribution in [1.29, 1.82) is 0 Å². The number of halogens is 1. The summed E-state index contributed by atoms with van der Waals surface area (Å²) in [6.07, 6.45) is 0. The third-order valence-corrected chi connectivity index (χ3v) is 5.83. The van der Waals surface area contributed by atoms with E-state index in [0.717, 1.165) is 11.0 Å². The normalized spacial score (nSPS) is 13.4. The number of carboxylic acids is 1. The molecular formula is C17H14BrN3O7S. The third kappa shape index (κ3) is 4.55. The van der Waals surface area contributed by atoms with Crippen molar-refractivity contribution < 1.29 is 32.6 Å². The van der Waals surface area contributed by atoms with E-state index >= 15 is 0 Å². The summed E-state index contributed by atoms with van der Waals surface area (Å²) in [5, 5.41) is 9.00. The van der Waals surface area contributed by atoms with Gasteiger partial charge in [-0.05, 0) is 46.3 Å². The molecule has 0 unspecified atom stereocenters. The molecule has 0 saturated heterocycles. The second kappa shape index (κ2) is 8.19. The molecule has 12 heteroatoms. The number of nitrogens with zero attached hydrogens (tertiary/aromatic N) is 1. The highest BCUT2D eigenvalue weighted by molar-refractivity contribution is 9.10. The van der Waals surface area contributed by atoms with Gasteiger partial charge in [-0.2, -0.15) is 0 Å². The molecular weight excluding hydrogens is 470 g/mol. The van der Waals surface area contributed by atoms with Crippen LogP contribution in [0, 0.1) is 0 Å². The maximum Gasteiger partial charge on any atom is 0.323 e. The van der Waals surface area contributed by atoms with E-state index < -0.39 is 34.4 Å². The van der Waals surface area contributed by atoms with Crippen LogP contribution < -0.4 is 19.9 Å². The zero-order valence-corrected chi connectivity index (χ0v) is 17.0. The van der Waals surface area contributed by atoms with Crippen molar-refractivity contribution in [2.45, 2.75) is 4.90 Å². The van der Waals surface area contributed by atoms with E-state index in [9.17, 15) is 22.8 Å². The van der Waals surface area contributed by atoms with Gasteiger partial charge in [0, 0.05) is 4.47 Å². The molecule has 2 aromatic carbocycles. The van der Waals surface area contributed by atoms with Crippen LogP contribution in [0.4, 0.5) is 5.69 Å². The van der Waals surface area contributed by atoms with Crippen molar-refractivity contribution in [2.75, 3.05) is 18.1 Å². The van der Waals surface area contributed by atoms with Crippen LogP contribution in [0.15, 0.2) is 51.8 Å². The summed E-state index contributed by atoms with van der Waals surface area (Å²) in [4.78, 5) is 37.8. The van der Waals surface area contributed by atoms with Crippen LogP contribution in [0.3, 0.4) is 0 Å². The number of aliphatic carboxylic acids is 1. The summed E-state index contributed by atoms with van der Waals surface area (Å²) < 4.78 is 30.8. The molecule has 10 nitrogen and oxygen atoms in total. The number of carboxylic acid groups (broad SMARTS) is 1. The highest BCUT2D eigenvalue weighted by Gasteiger charge is 2.29. The molecule has 1 aliphatic rings. The Morgan fingerprint density at radius 2 is 1.93 bits per heavy atom. The molecule has 0 saturated carbocycles. The molecule has 2 aromatic rings. The Morgan fingerprint density at radius 1 is 1.21 bits per heavy atom. The number of hydrazine groups is 1. The fourth-order valence-corrected chi connectivity index (χ4v) is 3.87. The lowest BCUT2D eigenvalue weighted by atomic mass is 10.2. The number of anilines is 1. The maximum atomic E-state index is 12.6. The Labute approximate surface area is 173 Å². The molecule has 152 valence electrons. The summed E-state index contributed by atoms with van der Waals surface area (Å²) in [6, 6.07) is 10.1. The van der Waals surface area contributed by atoms with Gasteiger partial charge in [-0.15, -0.1) is 4.83 Å². The first-order valence-corrected chi connectivity index (χ1v) is 10.3. The predicted molar refractivity (Wildman–Crippen MR) is 104 cm³/mol. The molecule has 0 aromatic heterocycles. The lowest BCUT2D eigenvalue weighted by Crippen LogP contribution is -2.43. The van der Waals surface area contributed by atoms with E-state index in [0.29, 0.717) is 4.47 Å². The first-order chi connectivity index (χ1) is 13.7. The van der Waals surface area contributed by atoms with Crippen molar-refractivity contribution in [3.05, 3.63) is 52.5 Å². The summed E-state index contributed by atoms with van der Waals surface area (Å²) >= 11 is 3.20. The zero-order chi connectivity index (χ0) is 21.2. The third-order valence-electron chi connectivity index (χ3n) is 3.89. The zero-order valence-electron chi connectivity index (χ0n) is 14.6. The van der Waals surface area contributed by atoms with Crippen LogP contribution in [0.2, 0.25) is 0 Å². The van der Waals surface area contributed by atoms with Crippen molar-refractivity contribution in [2.24, 2.45) is 0 Å². The molecule has 1 aliphatic heterocycles. The van der Waals surface area contributed by atoms with Gasteiger partial charge in [0.2, 0.25) is 0 Å². The number of hydrogen-bond acceptors (Lipinski definition) is 6. The summed E-state index contributed by atoms with van der Waals surface area (Å²) in [5.74, 6) is -2.41. The monoisotopic (exact) mass is 483 g/mol. The Morgan fingerprint density at radius 3 is 2.62 bits per heavy atom. The fraction of sp³-hybridized carbons (Fsp3) is 0.118. The molecule has 0 radical (unpaired) electrons. The number of nitrogens with one attached hydrogen (secondary N) is 2. The number of rotatable bonds is 6. The topological polar surface area (TPSA) is 142 Å². The second-order valence-electron chi connectivity index (χ2n) is 5.83. The number of benzene rings is 2. The van der Waals surface area contributed by atoms with Crippen LogP contribution in [0.1, 0.15) is 10.4 Å². The van der Waals surface area contributed by atoms with Gasteiger partial charge >= 0.3 is 5.97 Å². The Kier molecular flexibility index (Phi) is 5.86. The summed E-state index contributed by atoms with van der Waals surface area (Å²) in [6.45, 7) is -1.00. The number of fused-ring (bicyclic) bond motifs is 1. The van der Waals surface area contributed by atoms with Crippen molar-refractivity contribution in [3.8, 4) is 5.75 Å². The van der Waals surface area contributed by atoms with Gasteiger partial charge in [0.25, 0.3) is 21.8 Å². The quantitative estimate of drug-likeness (QED) is 0.517. The van der Waals surface area contributed by atoms with Crippen LogP contribution >= 0.6 is 15.9 Å². The Balaban J connectivity index is 1.83. The van der Waals surface area contributed by atoms with E-state index in [1.807, 2.05) is 4.83 Å². The molecule has 0 spiro atoms. The molecule has 3 N–H and O–H groups in total. The molecule has 1 heterocycles. The second-order valence-corrected chi connectivity index (χ2v) is 8.37. The van der Waals surface area contributed by atoms with Gasteiger partial charge in [0.05, 0.1) is 16.1 Å². The number of ether oxygens (including phenoxy) is 1. The van der Waals surface area contributed by atoms with E-state index in [4.69, 9.17) is 9.84 Å². The largest absolute Gasteiger partial charge is 0.482 e. The Bertz CT molecular complexity index is 1100. The van der Waals surface area contributed by atoms with Crippen molar-refractivity contribution in [3.63, 3.8) is 0 Å². The minimum absolute atomic E-state index is 0.00338. The van der Waals surface area contributed by atoms with E-state index in [1.165, 1.54) is 18.2 Å². The SMILES string of the molecule is O=C(O)CN1C(=O)COc2ccc(S(=O)(=O)NNC(=O)c3ccccc3Br)cc21. The first-order valence-electron chi connectivity index (χ1n) is 8.05. The standard InChI is InChI=1S/C17H14BrN3O7S/c18-12-4-2-1-3-11(12)17(25)19-20-29(26,27)10-5-6-14-13(7-10)21(8-16(23)24)15(22)9-28-14/h1-7,20H,8-9H2,(H,19,25)(H,23,24). The molecule has 3 rings (SSSR count). The minimum Gasteiger partial charge on any atom is -0.482 e. The van der Waals surface area contributed by atoms with Crippen LogP contribution in [0.25, 0.3) is 0 Å². The molecule has 2 amide bonds. The van der Waals surface area contributed by atoms with Crippen LogP contribution in [-0.2, 0) is 19.6 Å². The smallest absolute Gasteiger partial charge is 0.323 e. The number of carbonyl (C=O) groups is 3. The molecule has 29 heavy (non-hydrogen) atoms. The van der Waals surface area contributed by atoms with Crippen LogP contribution in [-0.4, -0.2) is 44.5 Å². The fourth-order valence-electron chi connectivity index (χ4n) is 2.54. The summed E-state index contributed by atoms with van der Waals surface area (Å²) in [7, 11) is -4.22. The minimum atomic E-state index is -4.22. The highest BCUT2D eigenvalue weighted by atomic mass is 79.9. The van der Waals surface area contributed by atoms with E-state index in [-0.39, 0.29) is 28.5 Å². The Hall–Kier alpha value is -2.96. The van der Waals surface area contributed by atoms with Gasteiger partial charge in [-0.1, -0.05) is 12.1 Å². The van der Waals surface area contributed by atoms with Gasteiger partial charge in [0.1, 0.15) is 12.3 Å². The lowest BCUT2D eigenvalue weighted by Gasteiger charge is -2.28. The molecule has 0 fully saturated rings. The number of sulfonamides is 1. The average molecular weight is 484 g/mol. The molecule has 0 atom stereocenters. The van der Waals surface area contributed by atoms with Crippen LogP contribution in [0.5, 0.6) is 5.75 Å². The van der Waals surface area contributed by atoms with Gasteiger partial charge < -0.3 is 9.84 Å². The number of hydrogen-bond donors (Lipinski definition) is 3. The molecule has 0 aliphatic carbocycles. The predicted octanol–water partition coefficient (Wildman–Crippen LogP) is 0.882. The van der Waals surface area contributed by atoms with Gasteiger partial charge in [0.15, 0.2) is 6.61 Å². The average Bonchev–Trinajstić information content (AvgIpc) is 2.68. The van der Waals surface area contributed by atoms with Gasteiger partial charge in [-0.3, -0.25) is 24.7 Å². The van der Waals surface area contributed by atoms with Gasteiger partial charge in [-0.25, -0.2) is 8.42 Å². The van der Waals surface area contributed by atoms with E-state index in [1.54, 1.807) is 18.2 Å². The lowest BCUT2D eigenvalue weighted by molar-refractivity contribution is -0.137. The summed E-state index contributed by atoms with van der Waals surface area (Å²) in [5.41, 5.74) is 2.32. The van der Waals surface area contributed by atoms with Crippen molar-refractivity contribution >= 4 is 49.4 Å². The number of carbonyl (C=O) groups excluding carboxylic acids is 2. The maximum absolute atomic E-state index is 12.6. The molecule has 0 bridgehead atoms.